The molecule has 0 radical (unpaired) electrons. The van der Waals surface area contributed by atoms with E-state index < -0.39 is 0 Å². The molecule has 0 saturated heterocycles. The molecule has 25 heavy (non-hydrogen) atoms. The summed E-state index contributed by atoms with van der Waals surface area (Å²) in [5.74, 6) is 0.522. The zero-order chi connectivity index (χ0) is 17.8. The van der Waals surface area contributed by atoms with Gasteiger partial charge in [0, 0.05) is 30.6 Å². The van der Waals surface area contributed by atoms with Crippen molar-refractivity contribution >= 4 is 16.8 Å². The number of hydrogen-bond donors (Lipinski definition) is 1. The largest absolute Gasteiger partial charge is 0.484 e. The number of hydrogen-bond acceptors (Lipinski definition) is 3. The lowest BCUT2D eigenvalue weighted by atomic mass is 10.1. The van der Waals surface area contributed by atoms with Gasteiger partial charge in [-0.1, -0.05) is 30.3 Å². The zero-order valence-corrected chi connectivity index (χ0v) is 14.3. The summed E-state index contributed by atoms with van der Waals surface area (Å²) in [4.78, 5) is 28.5. The Morgan fingerprint density at radius 1 is 1.12 bits per heavy atom. The number of carbonyl (C=O) groups is 1. The van der Waals surface area contributed by atoms with Gasteiger partial charge in [-0.15, -0.1) is 0 Å². The number of pyridine rings is 1. The number of ether oxygens (including phenoxy) is 1. The third-order valence-corrected chi connectivity index (χ3v) is 4.02. The van der Waals surface area contributed by atoms with E-state index in [0.717, 1.165) is 22.0 Å². The van der Waals surface area contributed by atoms with Gasteiger partial charge in [-0.2, -0.15) is 0 Å². The van der Waals surface area contributed by atoms with Crippen LogP contribution in [0.25, 0.3) is 10.9 Å². The van der Waals surface area contributed by atoms with E-state index in [2.05, 4.69) is 4.98 Å². The van der Waals surface area contributed by atoms with Crippen LogP contribution in [0.5, 0.6) is 5.75 Å². The topological polar surface area (TPSA) is 62.4 Å². The Hall–Kier alpha value is -3.08. The Kier molecular flexibility index (Phi) is 4.84. The molecule has 0 fully saturated rings. The van der Waals surface area contributed by atoms with Gasteiger partial charge in [-0.05, 0) is 36.2 Å². The minimum atomic E-state index is -0.175. The first-order valence-corrected chi connectivity index (χ1v) is 8.07. The van der Waals surface area contributed by atoms with Gasteiger partial charge in [-0.3, -0.25) is 9.59 Å². The van der Waals surface area contributed by atoms with E-state index in [-0.39, 0.29) is 18.1 Å². The number of amides is 1. The Bertz CT molecular complexity index is 962. The predicted molar refractivity (Wildman–Crippen MR) is 97.7 cm³/mol. The first-order chi connectivity index (χ1) is 12.0. The van der Waals surface area contributed by atoms with Crippen molar-refractivity contribution in [2.75, 3.05) is 13.7 Å². The number of aromatic amines is 1. The molecule has 2 aromatic carbocycles. The second-order valence-corrected chi connectivity index (χ2v) is 6.06. The average Bonchev–Trinajstić information content (AvgIpc) is 2.59. The van der Waals surface area contributed by atoms with Gasteiger partial charge in [0.2, 0.25) is 5.56 Å². The summed E-state index contributed by atoms with van der Waals surface area (Å²) < 4.78 is 5.56. The molecule has 0 unspecified atom stereocenters. The minimum absolute atomic E-state index is 0.0406. The van der Waals surface area contributed by atoms with Gasteiger partial charge >= 0.3 is 0 Å². The van der Waals surface area contributed by atoms with Crippen LogP contribution in [0.1, 0.15) is 11.1 Å². The van der Waals surface area contributed by atoms with Crippen LogP contribution < -0.4 is 10.3 Å². The Morgan fingerprint density at radius 3 is 2.72 bits per heavy atom. The molecule has 1 aromatic heterocycles. The first-order valence-electron chi connectivity index (χ1n) is 8.07. The van der Waals surface area contributed by atoms with Crippen molar-refractivity contribution in [3.8, 4) is 5.75 Å². The number of nitrogens with zero attached hydrogens (tertiary/aromatic N) is 1. The lowest BCUT2D eigenvalue weighted by Gasteiger charge is -2.18. The number of rotatable bonds is 5. The molecule has 1 heterocycles. The number of H-pyrrole nitrogens is 1. The molecule has 1 N–H and O–H groups in total. The molecule has 0 aliphatic heterocycles. The smallest absolute Gasteiger partial charge is 0.260 e. The highest BCUT2D eigenvalue weighted by Gasteiger charge is 2.12. The number of benzene rings is 2. The molecule has 1 amide bonds. The van der Waals surface area contributed by atoms with Crippen molar-refractivity contribution in [1.29, 1.82) is 0 Å². The summed E-state index contributed by atoms with van der Waals surface area (Å²) in [5, 5.41) is 0.932. The molecule has 3 aromatic rings. The zero-order valence-electron chi connectivity index (χ0n) is 14.3. The van der Waals surface area contributed by atoms with E-state index >= 15 is 0 Å². The van der Waals surface area contributed by atoms with Crippen LogP contribution >= 0.6 is 0 Å². The Labute approximate surface area is 145 Å². The van der Waals surface area contributed by atoms with Gasteiger partial charge in [0.1, 0.15) is 5.75 Å². The SMILES string of the molecule is Cc1cccc(OCC(=O)N(C)Cc2cc(=O)[nH]c3ccccc23)c1. The maximum absolute atomic E-state index is 12.3. The highest BCUT2D eigenvalue weighted by atomic mass is 16.5. The maximum atomic E-state index is 12.3. The van der Waals surface area contributed by atoms with Crippen LogP contribution in [-0.4, -0.2) is 29.4 Å². The molecule has 128 valence electrons. The molecule has 0 spiro atoms. The van der Waals surface area contributed by atoms with E-state index in [1.165, 1.54) is 6.07 Å². The number of aryl methyl sites for hydroxylation is 1. The van der Waals surface area contributed by atoms with Crippen LogP contribution in [0, 0.1) is 6.92 Å². The van der Waals surface area contributed by atoms with Crippen molar-refractivity contribution in [2.24, 2.45) is 0 Å². The number of para-hydroxylation sites is 1. The maximum Gasteiger partial charge on any atom is 0.260 e. The number of aromatic nitrogens is 1. The molecule has 5 nitrogen and oxygen atoms in total. The first kappa shape index (κ1) is 16.8. The monoisotopic (exact) mass is 336 g/mol. The second-order valence-electron chi connectivity index (χ2n) is 6.06. The third kappa shape index (κ3) is 4.07. The summed E-state index contributed by atoms with van der Waals surface area (Å²) in [6.07, 6.45) is 0. The van der Waals surface area contributed by atoms with Crippen molar-refractivity contribution in [3.63, 3.8) is 0 Å². The highest BCUT2D eigenvalue weighted by Crippen LogP contribution is 2.16. The van der Waals surface area contributed by atoms with Crippen LogP contribution in [0.15, 0.2) is 59.4 Å². The average molecular weight is 336 g/mol. The predicted octanol–water partition coefficient (Wildman–Crippen LogP) is 2.87. The standard InChI is InChI=1S/C20H20N2O3/c1-14-6-5-7-16(10-14)25-13-20(24)22(2)12-15-11-19(23)21-18-9-4-3-8-17(15)18/h3-11H,12-13H2,1-2H3,(H,21,23). The minimum Gasteiger partial charge on any atom is -0.484 e. The second kappa shape index (κ2) is 7.21. The van der Waals surface area contributed by atoms with Crippen LogP contribution in [0.4, 0.5) is 0 Å². The third-order valence-electron chi connectivity index (χ3n) is 4.02. The van der Waals surface area contributed by atoms with Gasteiger partial charge in [0.05, 0.1) is 0 Å². The van der Waals surface area contributed by atoms with Gasteiger partial charge in [0.25, 0.3) is 5.91 Å². The number of nitrogens with one attached hydrogen (secondary N) is 1. The van der Waals surface area contributed by atoms with E-state index in [1.54, 1.807) is 11.9 Å². The molecule has 0 aliphatic carbocycles. The van der Waals surface area contributed by atoms with E-state index in [9.17, 15) is 9.59 Å². The summed E-state index contributed by atoms with van der Waals surface area (Å²) >= 11 is 0. The van der Waals surface area contributed by atoms with E-state index in [1.807, 2.05) is 55.5 Å². The Balaban J connectivity index is 1.70. The summed E-state index contributed by atoms with van der Waals surface area (Å²) in [6.45, 7) is 2.28. The van der Waals surface area contributed by atoms with Gasteiger partial charge in [0.15, 0.2) is 6.61 Å². The number of fused-ring (bicyclic) bond motifs is 1. The van der Waals surface area contributed by atoms with Gasteiger partial charge in [-0.25, -0.2) is 0 Å². The molecule has 0 aliphatic rings. The number of carbonyl (C=O) groups excluding carboxylic acids is 1. The number of likely N-dealkylation sites (N-methyl/N-ethyl adjacent to an activating group) is 1. The Morgan fingerprint density at radius 2 is 1.92 bits per heavy atom. The van der Waals surface area contributed by atoms with Crippen LogP contribution in [0.2, 0.25) is 0 Å². The molecule has 3 rings (SSSR count). The fourth-order valence-corrected chi connectivity index (χ4v) is 2.71. The van der Waals surface area contributed by atoms with Crippen molar-refractivity contribution in [2.45, 2.75) is 13.5 Å². The molecule has 0 bridgehead atoms. The summed E-state index contributed by atoms with van der Waals surface area (Å²) in [6, 6.07) is 16.7. The van der Waals surface area contributed by atoms with Gasteiger partial charge < -0.3 is 14.6 Å². The van der Waals surface area contributed by atoms with E-state index in [4.69, 9.17) is 4.74 Å². The molecule has 5 heteroatoms. The van der Waals surface area contributed by atoms with Crippen LogP contribution in [-0.2, 0) is 11.3 Å². The van der Waals surface area contributed by atoms with Crippen molar-refractivity contribution in [1.82, 2.24) is 9.88 Å². The summed E-state index contributed by atoms with van der Waals surface area (Å²) in [5.41, 5.74) is 2.48. The molecule has 0 saturated carbocycles. The van der Waals surface area contributed by atoms with Crippen LogP contribution in [0.3, 0.4) is 0 Å². The van der Waals surface area contributed by atoms with E-state index in [0.29, 0.717) is 12.3 Å². The van der Waals surface area contributed by atoms with Crippen molar-refractivity contribution in [3.05, 3.63) is 76.1 Å². The lowest BCUT2D eigenvalue weighted by Crippen LogP contribution is -2.31. The molecular formula is C20H20N2O3. The fraction of sp³-hybridized carbons (Fsp3) is 0.200. The van der Waals surface area contributed by atoms with Crippen molar-refractivity contribution < 1.29 is 9.53 Å². The molecular weight excluding hydrogens is 316 g/mol. The quantitative estimate of drug-likeness (QED) is 0.779. The normalized spacial score (nSPS) is 10.6. The summed E-state index contributed by atoms with van der Waals surface area (Å²) in [7, 11) is 1.71. The lowest BCUT2D eigenvalue weighted by molar-refractivity contribution is -0.132. The molecule has 0 atom stereocenters. The highest BCUT2D eigenvalue weighted by molar-refractivity contribution is 5.83. The fourth-order valence-electron chi connectivity index (χ4n) is 2.71.